The van der Waals surface area contributed by atoms with Gasteiger partial charge in [0.25, 0.3) is 12.0 Å². The summed E-state index contributed by atoms with van der Waals surface area (Å²) in [6.45, 7) is 0. The second-order valence-electron chi connectivity index (χ2n) is 6.61. The number of hydrogen-bond acceptors (Lipinski definition) is 4. The molecule has 4 rings (SSSR count). The number of fused-ring (bicyclic) bond motifs is 1. The van der Waals surface area contributed by atoms with Gasteiger partial charge in [-0.3, -0.25) is 14.2 Å². The molecule has 0 spiro atoms. The molecule has 1 aromatic heterocycles. The van der Waals surface area contributed by atoms with E-state index in [9.17, 15) is 18.4 Å². The number of nitrogens with one attached hydrogen (secondary N) is 1. The number of para-hydroxylation sites is 3. The summed E-state index contributed by atoms with van der Waals surface area (Å²) in [5.74, 6) is -0.574. The maximum absolute atomic E-state index is 13.2. The van der Waals surface area contributed by atoms with Crippen LogP contribution in [0.4, 0.5) is 14.5 Å². The molecule has 5 nitrogen and oxygen atoms in total. The van der Waals surface area contributed by atoms with Crippen molar-refractivity contribution in [2.75, 3.05) is 11.1 Å². The third kappa shape index (κ3) is 4.49. The average molecular weight is 437 g/mol. The monoisotopic (exact) mass is 437 g/mol. The quantitative estimate of drug-likeness (QED) is 0.339. The van der Waals surface area contributed by atoms with Crippen molar-refractivity contribution in [3.63, 3.8) is 0 Å². The van der Waals surface area contributed by atoms with Gasteiger partial charge in [-0.05, 0) is 30.3 Å². The summed E-state index contributed by atoms with van der Waals surface area (Å²) >= 11 is 1.06. The molecular formula is C23H17F2N3O2S. The summed E-state index contributed by atoms with van der Waals surface area (Å²) in [4.78, 5) is 30.2. The average Bonchev–Trinajstić information content (AvgIpc) is 2.78. The number of thioether (sulfide) groups is 1. The molecule has 0 aliphatic heterocycles. The van der Waals surface area contributed by atoms with Gasteiger partial charge in [-0.15, -0.1) is 0 Å². The summed E-state index contributed by atoms with van der Waals surface area (Å²) in [6, 6.07) is 21.7. The van der Waals surface area contributed by atoms with Crippen molar-refractivity contribution in [3.05, 3.63) is 94.8 Å². The van der Waals surface area contributed by atoms with Crippen molar-refractivity contribution in [1.29, 1.82) is 0 Å². The Morgan fingerprint density at radius 1 is 0.968 bits per heavy atom. The van der Waals surface area contributed by atoms with E-state index in [-0.39, 0.29) is 22.6 Å². The molecule has 0 bridgehead atoms. The van der Waals surface area contributed by atoms with E-state index < -0.39 is 12.3 Å². The molecule has 1 amide bonds. The Labute approximate surface area is 180 Å². The minimum atomic E-state index is -2.70. The van der Waals surface area contributed by atoms with Gasteiger partial charge in [0, 0.05) is 11.3 Å². The van der Waals surface area contributed by atoms with E-state index in [0.717, 1.165) is 11.8 Å². The molecule has 31 heavy (non-hydrogen) atoms. The lowest BCUT2D eigenvalue weighted by Crippen LogP contribution is -2.23. The smallest absolute Gasteiger partial charge is 0.266 e. The van der Waals surface area contributed by atoms with Crippen molar-refractivity contribution in [2.24, 2.45) is 0 Å². The van der Waals surface area contributed by atoms with Gasteiger partial charge < -0.3 is 5.32 Å². The Morgan fingerprint density at radius 3 is 2.42 bits per heavy atom. The van der Waals surface area contributed by atoms with Gasteiger partial charge in [-0.1, -0.05) is 60.3 Å². The first kappa shape index (κ1) is 20.7. The van der Waals surface area contributed by atoms with E-state index in [0.29, 0.717) is 21.7 Å². The molecule has 0 aliphatic carbocycles. The fourth-order valence-corrected chi connectivity index (χ4v) is 3.94. The number of aromatic nitrogens is 2. The zero-order valence-electron chi connectivity index (χ0n) is 16.2. The molecule has 1 heterocycles. The highest BCUT2D eigenvalue weighted by atomic mass is 32.2. The van der Waals surface area contributed by atoms with Crippen molar-refractivity contribution in [1.82, 2.24) is 9.55 Å². The molecule has 156 valence electrons. The van der Waals surface area contributed by atoms with E-state index in [1.807, 2.05) is 6.07 Å². The van der Waals surface area contributed by atoms with E-state index >= 15 is 0 Å². The third-order valence-corrected chi connectivity index (χ3v) is 5.50. The number of halogens is 2. The molecule has 8 heteroatoms. The molecule has 4 aromatic rings. The van der Waals surface area contributed by atoms with Gasteiger partial charge in [-0.2, -0.15) is 0 Å². The van der Waals surface area contributed by atoms with E-state index in [2.05, 4.69) is 10.3 Å². The molecule has 0 saturated heterocycles. The second-order valence-corrected chi connectivity index (χ2v) is 7.55. The van der Waals surface area contributed by atoms with Crippen LogP contribution in [0.5, 0.6) is 0 Å². The molecule has 0 aliphatic rings. The Bertz CT molecular complexity index is 1290. The predicted molar refractivity (Wildman–Crippen MR) is 118 cm³/mol. The molecule has 0 atom stereocenters. The molecule has 1 N–H and O–H groups in total. The van der Waals surface area contributed by atoms with Gasteiger partial charge in [0.2, 0.25) is 5.91 Å². The highest BCUT2D eigenvalue weighted by Gasteiger charge is 2.17. The topological polar surface area (TPSA) is 64.0 Å². The van der Waals surface area contributed by atoms with Crippen LogP contribution in [-0.2, 0) is 4.79 Å². The number of alkyl halides is 2. The van der Waals surface area contributed by atoms with Crippen molar-refractivity contribution in [3.8, 4) is 5.69 Å². The second kappa shape index (κ2) is 9.09. The standard InChI is InChI=1S/C23H17F2N3O2S/c24-21(25)16-10-4-6-12-18(16)26-20(29)14-31-23-27-19-13-7-5-11-17(19)22(30)28(23)15-8-2-1-3-9-15/h1-13,21H,14H2,(H,26,29). The third-order valence-electron chi connectivity index (χ3n) is 4.56. The molecule has 0 saturated carbocycles. The number of carbonyl (C=O) groups is 1. The summed E-state index contributed by atoms with van der Waals surface area (Å²) < 4.78 is 27.8. The highest BCUT2D eigenvalue weighted by Crippen LogP contribution is 2.27. The van der Waals surface area contributed by atoms with E-state index in [1.54, 1.807) is 54.6 Å². The normalized spacial score (nSPS) is 11.1. The van der Waals surface area contributed by atoms with Gasteiger partial charge in [0.1, 0.15) is 0 Å². The van der Waals surface area contributed by atoms with Crippen LogP contribution in [0.25, 0.3) is 16.6 Å². The van der Waals surface area contributed by atoms with Crippen LogP contribution in [0.1, 0.15) is 12.0 Å². The molecule has 0 radical (unpaired) electrons. The lowest BCUT2D eigenvalue weighted by molar-refractivity contribution is -0.113. The minimum Gasteiger partial charge on any atom is -0.325 e. The number of amides is 1. The summed E-state index contributed by atoms with van der Waals surface area (Å²) in [6.07, 6.45) is -2.70. The van der Waals surface area contributed by atoms with Crippen LogP contribution >= 0.6 is 11.8 Å². The van der Waals surface area contributed by atoms with Crippen molar-refractivity contribution >= 4 is 34.3 Å². The van der Waals surface area contributed by atoms with Crippen LogP contribution in [0.3, 0.4) is 0 Å². The van der Waals surface area contributed by atoms with Gasteiger partial charge in [0.05, 0.1) is 22.3 Å². The Kier molecular flexibility index (Phi) is 6.08. The zero-order chi connectivity index (χ0) is 21.8. The molecule has 0 fully saturated rings. The number of anilines is 1. The Hall–Kier alpha value is -3.52. The Morgan fingerprint density at radius 2 is 1.65 bits per heavy atom. The maximum Gasteiger partial charge on any atom is 0.266 e. The van der Waals surface area contributed by atoms with Crippen molar-refractivity contribution in [2.45, 2.75) is 11.6 Å². The first-order chi connectivity index (χ1) is 15.0. The first-order valence-corrected chi connectivity index (χ1v) is 10.4. The zero-order valence-corrected chi connectivity index (χ0v) is 17.0. The van der Waals surface area contributed by atoms with Gasteiger partial charge in [0.15, 0.2) is 5.16 Å². The van der Waals surface area contributed by atoms with Crippen LogP contribution in [0.2, 0.25) is 0 Å². The summed E-state index contributed by atoms with van der Waals surface area (Å²) in [5, 5.41) is 3.32. The van der Waals surface area contributed by atoms with Gasteiger partial charge in [-0.25, -0.2) is 13.8 Å². The fourth-order valence-electron chi connectivity index (χ4n) is 3.13. The fraction of sp³-hybridized carbons (Fsp3) is 0.0870. The van der Waals surface area contributed by atoms with Crippen LogP contribution in [0.15, 0.2) is 88.8 Å². The van der Waals surface area contributed by atoms with Crippen LogP contribution in [0, 0.1) is 0 Å². The lowest BCUT2D eigenvalue weighted by atomic mass is 10.2. The number of benzene rings is 3. The molecule has 3 aromatic carbocycles. The number of carbonyl (C=O) groups excluding carboxylic acids is 1. The van der Waals surface area contributed by atoms with E-state index in [1.165, 1.54) is 22.8 Å². The van der Waals surface area contributed by atoms with Crippen LogP contribution < -0.4 is 10.9 Å². The Balaban J connectivity index is 1.64. The molecular weight excluding hydrogens is 420 g/mol. The maximum atomic E-state index is 13.2. The van der Waals surface area contributed by atoms with E-state index in [4.69, 9.17) is 0 Å². The SMILES string of the molecule is O=C(CSc1nc2ccccc2c(=O)n1-c1ccccc1)Nc1ccccc1C(F)F. The number of nitrogens with zero attached hydrogens (tertiary/aromatic N) is 2. The molecule has 0 unspecified atom stereocenters. The van der Waals surface area contributed by atoms with Crippen LogP contribution in [-0.4, -0.2) is 21.2 Å². The first-order valence-electron chi connectivity index (χ1n) is 9.41. The summed E-state index contributed by atoms with van der Waals surface area (Å²) in [5.41, 5.74) is 0.714. The predicted octanol–water partition coefficient (Wildman–Crippen LogP) is 5.05. The number of hydrogen-bond donors (Lipinski definition) is 1. The largest absolute Gasteiger partial charge is 0.325 e. The highest BCUT2D eigenvalue weighted by molar-refractivity contribution is 7.99. The van der Waals surface area contributed by atoms with Crippen molar-refractivity contribution < 1.29 is 13.6 Å². The number of rotatable bonds is 6. The summed E-state index contributed by atoms with van der Waals surface area (Å²) in [7, 11) is 0. The minimum absolute atomic E-state index is 0.0648. The van der Waals surface area contributed by atoms with Gasteiger partial charge >= 0.3 is 0 Å². The lowest BCUT2D eigenvalue weighted by Gasteiger charge is -2.14.